The predicted molar refractivity (Wildman–Crippen MR) is 139 cm³/mol. The summed E-state index contributed by atoms with van der Waals surface area (Å²) >= 11 is 13.6. The van der Waals surface area contributed by atoms with E-state index in [1.165, 1.54) is 18.9 Å². The highest BCUT2D eigenvalue weighted by atomic mass is 35.5. The highest BCUT2D eigenvalue weighted by molar-refractivity contribution is 7.99. The van der Waals surface area contributed by atoms with E-state index in [9.17, 15) is 4.79 Å². The fourth-order valence-corrected chi connectivity index (χ4v) is 4.86. The maximum Gasteiger partial charge on any atom is 0.339 e. The molecule has 0 saturated carbocycles. The van der Waals surface area contributed by atoms with Gasteiger partial charge in [0.05, 0.1) is 24.5 Å². The second-order valence-electron chi connectivity index (χ2n) is 7.39. The van der Waals surface area contributed by atoms with E-state index in [1.807, 2.05) is 49.5 Å². The topological polar surface area (TPSA) is 65.7 Å². The van der Waals surface area contributed by atoms with Crippen molar-refractivity contribution in [3.8, 4) is 11.3 Å². The molecule has 9 heteroatoms. The van der Waals surface area contributed by atoms with Crippen molar-refractivity contribution in [2.24, 2.45) is 12.2 Å². The lowest BCUT2D eigenvalue weighted by Gasteiger charge is -2.08. The number of halogens is 2. The summed E-state index contributed by atoms with van der Waals surface area (Å²) in [5, 5.41) is 10.8. The van der Waals surface area contributed by atoms with E-state index in [4.69, 9.17) is 37.9 Å². The smallest absolute Gasteiger partial charge is 0.339 e. The predicted octanol–water partition coefficient (Wildman–Crippen LogP) is 6.88. The molecule has 0 spiro atoms. The van der Waals surface area contributed by atoms with Gasteiger partial charge in [0.15, 0.2) is 0 Å². The molecule has 0 fully saturated rings. The van der Waals surface area contributed by atoms with Crippen LogP contribution in [0.4, 0.5) is 0 Å². The summed E-state index contributed by atoms with van der Waals surface area (Å²) in [6.45, 7) is 0.182. The van der Waals surface area contributed by atoms with Crippen LogP contribution in [0.3, 0.4) is 0 Å². The van der Waals surface area contributed by atoms with Gasteiger partial charge in [0.1, 0.15) is 17.3 Å². The number of methoxy groups -OCH3 is 1. The lowest BCUT2D eigenvalue weighted by molar-refractivity contribution is 0.0597. The number of aryl methyl sites for hydroxylation is 1. The molecule has 4 aromatic rings. The van der Waals surface area contributed by atoms with E-state index in [0.717, 1.165) is 32.3 Å². The number of ether oxygens (including phenoxy) is 1. The maximum absolute atomic E-state index is 12.3. The molecule has 178 valence electrons. The van der Waals surface area contributed by atoms with Crippen LogP contribution in [0.2, 0.25) is 10.0 Å². The van der Waals surface area contributed by atoms with Crippen molar-refractivity contribution in [1.82, 2.24) is 9.78 Å². The number of carbonyl (C=O) groups is 1. The van der Waals surface area contributed by atoms with Crippen molar-refractivity contribution in [3.05, 3.63) is 99.5 Å². The first-order valence-corrected chi connectivity index (χ1v) is 12.1. The van der Waals surface area contributed by atoms with E-state index >= 15 is 0 Å². The van der Waals surface area contributed by atoms with Crippen LogP contribution in [0, 0.1) is 0 Å². The van der Waals surface area contributed by atoms with Crippen LogP contribution < -0.4 is 0 Å². The fraction of sp³-hybridized carbons (Fsp3) is 0.115. The largest absolute Gasteiger partial charge is 0.465 e. The third-order valence-corrected chi connectivity index (χ3v) is 6.91. The highest BCUT2D eigenvalue weighted by Crippen LogP contribution is 2.36. The molecule has 0 bridgehead atoms. The van der Waals surface area contributed by atoms with Gasteiger partial charge in [-0.05, 0) is 24.3 Å². The van der Waals surface area contributed by atoms with E-state index in [1.54, 1.807) is 41.2 Å². The monoisotopic (exact) mass is 525 g/mol. The van der Waals surface area contributed by atoms with Crippen LogP contribution in [0.5, 0.6) is 0 Å². The molecule has 0 aliphatic heterocycles. The quantitative estimate of drug-likeness (QED) is 0.142. The molecule has 0 saturated heterocycles. The zero-order chi connectivity index (χ0) is 24.8. The molecule has 0 radical (unpaired) electrons. The maximum atomic E-state index is 12.3. The molecule has 4 rings (SSSR count). The molecule has 1 heterocycles. The Labute approximate surface area is 217 Å². The summed E-state index contributed by atoms with van der Waals surface area (Å²) in [4.78, 5) is 18.6. The first-order chi connectivity index (χ1) is 17.0. The van der Waals surface area contributed by atoms with Crippen LogP contribution in [0.1, 0.15) is 21.5 Å². The summed E-state index contributed by atoms with van der Waals surface area (Å²) in [5.41, 5.74) is 3.66. The normalized spacial score (nSPS) is 11.1. The number of benzene rings is 3. The molecular formula is C26H21Cl2N3O3S. The number of carbonyl (C=O) groups excluding carboxylic acids is 1. The molecular weight excluding hydrogens is 505 g/mol. The molecule has 6 nitrogen and oxygen atoms in total. The molecule has 0 unspecified atom stereocenters. The second-order valence-corrected chi connectivity index (χ2v) is 9.26. The van der Waals surface area contributed by atoms with Gasteiger partial charge >= 0.3 is 5.97 Å². The van der Waals surface area contributed by atoms with Crippen molar-refractivity contribution in [2.75, 3.05) is 7.11 Å². The third kappa shape index (κ3) is 5.88. The first kappa shape index (κ1) is 24.9. The van der Waals surface area contributed by atoms with Crippen LogP contribution in [-0.2, 0) is 23.2 Å². The zero-order valence-electron chi connectivity index (χ0n) is 18.9. The van der Waals surface area contributed by atoms with Crippen LogP contribution in [0.25, 0.3) is 11.3 Å². The zero-order valence-corrected chi connectivity index (χ0v) is 21.3. The van der Waals surface area contributed by atoms with Crippen molar-refractivity contribution in [3.63, 3.8) is 0 Å². The van der Waals surface area contributed by atoms with E-state index in [2.05, 4.69) is 5.16 Å². The lowest BCUT2D eigenvalue weighted by Crippen LogP contribution is -2.03. The summed E-state index contributed by atoms with van der Waals surface area (Å²) in [6.07, 6.45) is 1.63. The Morgan fingerprint density at radius 3 is 2.57 bits per heavy atom. The first-order valence-electron chi connectivity index (χ1n) is 10.5. The Morgan fingerprint density at radius 1 is 1.09 bits per heavy atom. The Kier molecular flexibility index (Phi) is 8.13. The molecule has 0 aliphatic carbocycles. The molecule has 0 amide bonds. The molecule has 1 aromatic heterocycles. The van der Waals surface area contributed by atoms with E-state index in [0.29, 0.717) is 15.6 Å². The Balaban J connectivity index is 1.68. The van der Waals surface area contributed by atoms with Gasteiger partial charge in [-0.25, -0.2) is 4.79 Å². The Morgan fingerprint density at radius 2 is 1.83 bits per heavy atom. The minimum absolute atomic E-state index is 0.182. The summed E-state index contributed by atoms with van der Waals surface area (Å²) in [6, 6.07) is 22.3. The molecule has 35 heavy (non-hydrogen) atoms. The fourth-order valence-electron chi connectivity index (χ4n) is 3.35. The van der Waals surface area contributed by atoms with Gasteiger partial charge in [-0.1, -0.05) is 88.7 Å². The minimum Gasteiger partial charge on any atom is -0.465 e. The average Bonchev–Trinajstić information content (AvgIpc) is 3.18. The number of nitrogens with zero attached hydrogens (tertiary/aromatic N) is 3. The van der Waals surface area contributed by atoms with Crippen molar-refractivity contribution in [2.45, 2.75) is 16.5 Å². The minimum atomic E-state index is -0.406. The van der Waals surface area contributed by atoms with Crippen LogP contribution >= 0.6 is 35.0 Å². The molecule has 3 aromatic carbocycles. The van der Waals surface area contributed by atoms with Gasteiger partial charge in [0, 0.05) is 33.1 Å². The molecule has 0 atom stereocenters. The van der Waals surface area contributed by atoms with Gasteiger partial charge in [-0.3, -0.25) is 4.68 Å². The number of esters is 1. The number of aromatic nitrogens is 2. The molecule has 0 aliphatic rings. The number of oxime groups is 1. The number of rotatable bonds is 8. The van der Waals surface area contributed by atoms with Gasteiger partial charge in [0.2, 0.25) is 0 Å². The Hall–Kier alpha value is -3.26. The van der Waals surface area contributed by atoms with Crippen molar-refractivity contribution in [1.29, 1.82) is 0 Å². The average molecular weight is 526 g/mol. The second kappa shape index (κ2) is 11.4. The van der Waals surface area contributed by atoms with Gasteiger partial charge in [-0.2, -0.15) is 5.10 Å². The van der Waals surface area contributed by atoms with Crippen molar-refractivity contribution < 1.29 is 14.4 Å². The van der Waals surface area contributed by atoms with Crippen LogP contribution in [0.15, 0.2) is 87.9 Å². The summed E-state index contributed by atoms with van der Waals surface area (Å²) in [5.74, 6) is -0.406. The summed E-state index contributed by atoms with van der Waals surface area (Å²) < 4.78 is 6.71. The SMILES string of the molecule is COC(=O)c1ccccc1Sc1c(C=NOCc2ccc(Cl)cc2Cl)c(-c2ccccc2)nn1C. The molecule has 0 N–H and O–H groups in total. The highest BCUT2D eigenvalue weighted by Gasteiger charge is 2.20. The standard InChI is InChI=1S/C26H21Cl2N3O3S/c1-31-25(35-23-11-7-6-10-20(23)26(32)33-2)21(24(30-31)17-8-4-3-5-9-17)15-29-34-16-18-12-13-19(27)14-22(18)28/h3-15H,16H2,1-2H3. The van der Waals surface area contributed by atoms with E-state index in [-0.39, 0.29) is 6.61 Å². The van der Waals surface area contributed by atoms with Crippen LogP contribution in [-0.4, -0.2) is 29.1 Å². The van der Waals surface area contributed by atoms with Gasteiger partial charge in [-0.15, -0.1) is 0 Å². The van der Waals surface area contributed by atoms with Crippen molar-refractivity contribution >= 4 is 47.1 Å². The number of hydrogen-bond donors (Lipinski definition) is 0. The number of hydrogen-bond acceptors (Lipinski definition) is 6. The summed E-state index contributed by atoms with van der Waals surface area (Å²) in [7, 11) is 3.21. The van der Waals surface area contributed by atoms with E-state index < -0.39 is 5.97 Å². The Bertz CT molecular complexity index is 1370. The van der Waals surface area contributed by atoms with Gasteiger partial charge < -0.3 is 9.57 Å². The van der Waals surface area contributed by atoms with Gasteiger partial charge in [0.25, 0.3) is 0 Å². The third-order valence-electron chi connectivity index (χ3n) is 5.07. The lowest BCUT2D eigenvalue weighted by atomic mass is 10.1.